The van der Waals surface area contributed by atoms with Gasteiger partial charge in [0.2, 0.25) is 11.4 Å². The van der Waals surface area contributed by atoms with E-state index in [-0.39, 0.29) is 11.5 Å². The number of aromatic nitrogens is 1. The third kappa shape index (κ3) is 4.08. The van der Waals surface area contributed by atoms with E-state index in [9.17, 15) is 8.63 Å². The number of benzene rings is 2. The van der Waals surface area contributed by atoms with Crippen molar-refractivity contribution in [3.05, 3.63) is 102 Å². The molecular weight excluding hydrogens is 441 g/mol. The predicted octanol–water partition coefficient (Wildman–Crippen LogP) is 3.81. The van der Waals surface area contributed by atoms with Crippen molar-refractivity contribution < 1.29 is 32.4 Å². The molecule has 2 aromatic carbocycles. The Morgan fingerprint density at radius 1 is 0.794 bits per heavy atom. The molecule has 2 aliphatic rings. The van der Waals surface area contributed by atoms with E-state index in [1.165, 1.54) is 6.08 Å². The number of halogens is 2. The van der Waals surface area contributed by atoms with Crippen molar-refractivity contribution in [1.29, 1.82) is 0 Å². The monoisotopic (exact) mass is 462 g/mol. The van der Waals surface area contributed by atoms with Crippen molar-refractivity contribution in [1.82, 2.24) is 4.98 Å². The van der Waals surface area contributed by atoms with E-state index >= 15 is 0 Å². The second-order valence-corrected chi connectivity index (χ2v) is 7.62. The maximum Gasteiger partial charge on any atom is 0.726 e. The summed E-state index contributed by atoms with van der Waals surface area (Å²) < 4.78 is 49.5. The first-order valence-electron chi connectivity index (χ1n) is 10.6. The van der Waals surface area contributed by atoms with Crippen molar-refractivity contribution in [2.45, 2.75) is 0 Å². The summed E-state index contributed by atoms with van der Waals surface area (Å²) in [5.74, 6) is 1.27. The lowest BCUT2D eigenvalue weighted by Crippen LogP contribution is -2.68. The molecule has 3 aromatic rings. The van der Waals surface area contributed by atoms with Gasteiger partial charge in [-0.2, -0.15) is 0 Å². The van der Waals surface area contributed by atoms with Gasteiger partial charge >= 0.3 is 7.11 Å². The number of allylic oxidation sites excluding steroid dienone is 3. The van der Waals surface area contributed by atoms with Crippen molar-refractivity contribution in [2.75, 3.05) is 14.2 Å². The predicted molar refractivity (Wildman–Crippen MR) is 125 cm³/mol. The first kappa shape index (κ1) is 21.6. The number of hydrogen-bond acceptors (Lipinski definition) is 4. The van der Waals surface area contributed by atoms with E-state index in [4.69, 9.17) is 18.8 Å². The Labute approximate surface area is 194 Å². The number of methoxy groups -OCH3 is 2. The lowest BCUT2D eigenvalue weighted by molar-refractivity contribution is -0.388. The fourth-order valence-corrected chi connectivity index (χ4v) is 3.92. The van der Waals surface area contributed by atoms with Crippen molar-refractivity contribution in [3.63, 3.8) is 0 Å². The van der Waals surface area contributed by atoms with Crippen molar-refractivity contribution >= 4 is 18.6 Å². The number of rotatable bonds is 5. The third-order valence-corrected chi connectivity index (χ3v) is 5.49. The van der Waals surface area contributed by atoms with Gasteiger partial charge in [-0.1, -0.05) is 24.3 Å². The van der Waals surface area contributed by atoms with Gasteiger partial charge in [0.05, 0.1) is 25.5 Å². The van der Waals surface area contributed by atoms with E-state index in [2.05, 4.69) is 9.98 Å². The average molecular weight is 462 g/mol. The molecule has 0 aliphatic carbocycles. The molecule has 0 atom stereocenters. The van der Waals surface area contributed by atoms with Crippen LogP contribution in [0.2, 0.25) is 0 Å². The SMILES string of the molecule is COc1ccccc1C1=[NH+]/C(=C2/C=C(c3ccc(-c4ccccc4OC)[nH]3)O[B-](F)(F)O2)C=C1. The molecule has 34 heavy (non-hydrogen) atoms. The van der Waals surface area contributed by atoms with Crippen LogP contribution in [-0.4, -0.2) is 32.0 Å². The summed E-state index contributed by atoms with van der Waals surface area (Å²) in [5, 5.41) is 0. The topological polar surface area (TPSA) is 66.7 Å². The fourth-order valence-electron chi connectivity index (χ4n) is 3.92. The van der Waals surface area contributed by atoms with Crippen LogP contribution >= 0.6 is 0 Å². The molecule has 0 fully saturated rings. The Morgan fingerprint density at radius 3 is 2.18 bits per heavy atom. The minimum absolute atomic E-state index is 0.0270. The number of hydrogen-bond donors (Lipinski definition) is 2. The molecule has 2 aliphatic heterocycles. The second kappa shape index (κ2) is 8.59. The van der Waals surface area contributed by atoms with Gasteiger partial charge in [-0.05, 0) is 36.4 Å². The standard InChI is InChI=1S/C25H20BF2N2O4/c1-31-22-9-5-3-7-16(22)18-11-13-20(29-18)24-15-25(34-26(27,28)33-24)21-14-12-19(30-21)17-8-4-6-10-23(17)32-2/h3-15,29H,1-2H3/q-1/p+1/b25-21-. The van der Waals surface area contributed by atoms with Crippen LogP contribution in [0.15, 0.2) is 90.3 Å². The quantitative estimate of drug-likeness (QED) is 0.567. The van der Waals surface area contributed by atoms with Crippen LogP contribution in [0.3, 0.4) is 0 Å². The van der Waals surface area contributed by atoms with Crippen LogP contribution in [0, 0.1) is 0 Å². The zero-order chi connectivity index (χ0) is 23.7. The Morgan fingerprint density at radius 2 is 1.44 bits per heavy atom. The zero-order valence-corrected chi connectivity index (χ0v) is 18.5. The molecule has 5 rings (SSSR count). The molecule has 2 N–H and O–H groups in total. The number of para-hydroxylation sites is 2. The van der Waals surface area contributed by atoms with E-state index in [0.717, 1.165) is 11.1 Å². The third-order valence-electron chi connectivity index (χ3n) is 5.49. The number of H-pyrrole nitrogens is 1. The van der Waals surface area contributed by atoms with Gasteiger partial charge in [-0.25, -0.2) is 4.99 Å². The molecule has 172 valence electrons. The molecule has 0 amide bonds. The number of ether oxygens (including phenoxy) is 2. The Hall–Kier alpha value is -4.27. The molecule has 6 nitrogen and oxygen atoms in total. The first-order chi connectivity index (χ1) is 16.5. The van der Waals surface area contributed by atoms with Crippen molar-refractivity contribution in [2.24, 2.45) is 0 Å². The van der Waals surface area contributed by atoms with Crippen LogP contribution in [0.5, 0.6) is 11.5 Å². The number of nitrogens with one attached hydrogen (secondary N) is 2. The number of aromatic amines is 1. The van der Waals surface area contributed by atoms with E-state index in [0.29, 0.717) is 34.3 Å². The molecule has 0 saturated carbocycles. The summed E-state index contributed by atoms with van der Waals surface area (Å²) in [7, 11) is -1.41. The van der Waals surface area contributed by atoms with E-state index in [1.807, 2.05) is 48.5 Å². The van der Waals surface area contributed by atoms with Crippen LogP contribution in [0.25, 0.3) is 17.0 Å². The van der Waals surface area contributed by atoms with Gasteiger partial charge in [0.25, 0.3) is 0 Å². The van der Waals surface area contributed by atoms with Gasteiger partial charge < -0.3 is 32.4 Å². The van der Waals surface area contributed by atoms with Gasteiger partial charge in [0.1, 0.15) is 17.3 Å². The molecular formula is C25H21BF2N2O4. The molecule has 9 heteroatoms. The minimum Gasteiger partial charge on any atom is -0.626 e. The van der Waals surface area contributed by atoms with E-state index < -0.39 is 7.11 Å². The van der Waals surface area contributed by atoms with Gasteiger partial charge in [0, 0.05) is 29.5 Å². The summed E-state index contributed by atoms with van der Waals surface area (Å²) >= 11 is 0. The first-order valence-corrected chi connectivity index (χ1v) is 10.6. The second-order valence-electron chi connectivity index (χ2n) is 7.62. The average Bonchev–Trinajstić information content (AvgIpc) is 3.53. The Bertz CT molecular complexity index is 1370. The molecule has 0 bridgehead atoms. The molecule has 0 spiro atoms. The molecule has 3 heterocycles. The summed E-state index contributed by atoms with van der Waals surface area (Å²) in [6.45, 7) is 0. The molecule has 0 unspecified atom stereocenters. The van der Waals surface area contributed by atoms with Gasteiger partial charge in [-0.15, -0.1) is 0 Å². The van der Waals surface area contributed by atoms with Gasteiger partial charge in [0.15, 0.2) is 5.76 Å². The highest BCUT2D eigenvalue weighted by Gasteiger charge is 2.40. The van der Waals surface area contributed by atoms with Crippen LogP contribution in [0.1, 0.15) is 11.3 Å². The minimum atomic E-state index is -4.57. The van der Waals surface area contributed by atoms with Gasteiger partial charge in [-0.3, -0.25) is 0 Å². The summed E-state index contributed by atoms with van der Waals surface area (Å²) in [6.07, 6.45) is 4.90. The summed E-state index contributed by atoms with van der Waals surface area (Å²) in [6, 6.07) is 18.3. The highest BCUT2D eigenvalue weighted by atomic mass is 19.3. The molecule has 0 radical (unpaired) electrons. The lowest BCUT2D eigenvalue weighted by Gasteiger charge is -2.33. The molecule has 1 aromatic heterocycles. The highest BCUT2D eigenvalue weighted by molar-refractivity contribution is 6.53. The van der Waals surface area contributed by atoms with Crippen LogP contribution < -0.4 is 14.5 Å². The summed E-state index contributed by atoms with van der Waals surface area (Å²) in [4.78, 5) is 6.28. The lowest BCUT2D eigenvalue weighted by atomic mass is 10.1. The summed E-state index contributed by atoms with van der Waals surface area (Å²) in [5.41, 5.74) is 3.80. The van der Waals surface area contributed by atoms with Crippen LogP contribution in [-0.2, 0) is 9.31 Å². The Balaban J connectivity index is 1.52. The fraction of sp³-hybridized carbons (Fsp3) is 0.0800. The molecule has 0 saturated heterocycles. The maximum absolute atomic E-state index is 14.5. The highest BCUT2D eigenvalue weighted by Crippen LogP contribution is 2.35. The largest absolute Gasteiger partial charge is 0.726 e. The van der Waals surface area contributed by atoms with Crippen molar-refractivity contribution in [3.8, 4) is 22.8 Å². The smallest absolute Gasteiger partial charge is 0.626 e. The van der Waals surface area contributed by atoms with E-state index in [1.54, 1.807) is 38.5 Å². The normalized spacial score (nSPS) is 18.6. The zero-order valence-electron chi connectivity index (χ0n) is 18.5. The van der Waals surface area contributed by atoms with Crippen LogP contribution in [0.4, 0.5) is 8.63 Å². The Kier molecular flexibility index (Phi) is 5.45. The maximum atomic E-state index is 14.5.